The van der Waals surface area contributed by atoms with Gasteiger partial charge in [0.2, 0.25) is 0 Å². The van der Waals surface area contributed by atoms with Gasteiger partial charge in [-0.1, -0.05) is 81.3 Å². The lowest BCUT2D eigenvalue weighted by Gasteiger charge is -2.26. The molecule has 0 amide bonds. The normalized spacial score (nSPS) is 15.4. The number of halogens is 5. The van der Waals surface area contributed by atoms with E-state index in [9.17, 15) is 22.8 Å². The standard InChI is InChI=1S/C33H24BrClF3N3O3S/c1-3-44-31(43)27-28(20-10-14-22(35)15-11-20)41-30(42)26(45-32(41)39-29(27)33(36,37)38)16-24-18(2)40(25-7-5-4-6-23(24)25)17-19-8-12-21(34)13-9-19/h4-16,28H,3,17H2,1-2H3/b26-16-/t28-/m0/s1. The first-order chi connectivity index (χ1) is 21.5. The van der Waals surface area contributed by atoms with E-state index in [1.165, 1.54) is 31.2 Å². The molecule has 0 unspecified atom stereocenters. The molecule has 5 aromatic rings. The number of thiazole rings is 1. The Morgan fingerprint density at radius 1 is 1.09 bits per heavy atom. The molecule has 45 heavy (non-hydrogen) atoms. The number of allylic oxidation sites excluding steroid dienone is 1. The molecule has 230 valence electrons. The van der Waals surface area contributed by atoms with E-state index in [0.717, 1.165) is 48.1 Å². The zero-order valence-corrected chi connectivity index (χ0v) is 27.0. The molecule has 1 aliphatic rings. The Balaban J connectivity index is 1.59. The zero-order valence-electron chi connectivity index (χ0n) is 23.9. The predicted octanol–water partition coefficient (Wildman–Crippen LogP) is 7.07. The topological polar surface area (TPSA) is 65.6 Å². The maximum absolute atomic E-state index is 14.4. The van der Waals surface area contributed by atoms with Gasteiger partial charge >= 0.3 is 12.1 Å². The van der Waals surface area contributed by atoms with Crippen LogP contribution in [0.25, 0.3) is 17.0 Å². The molecule has 12 heteroatoms. The number of para-hydroxylation sites is 1. The molecule has 6 rings (SSSR count). The number of carbonyl (C=O) groups excluding carboxylic acids is 1. The molecular weight excluding hydrogens is 691 g/mol. The summed E-state index contributed by atoms with van der Waals surface area (Å²) in [7, 11) is 0. The average molecular weight is 715 g/mol. The van der Waals surface area contributed by atoms with E-state index in [0.29, 0.717) is 11.6 Å². The van der Waals surface area contributed by atoms with Gasteiger partial charge in [-0.05, 0) is 61.4 Å². The summed E-state index contributed by atoms with van der Waals surface area (Å²) in [6.07, 6.45) is -3.29. The van der Waals surface area contributed by atoms with Gasteiger partial charge in [0.05, 0.1) is 22.8 Å². The van der Waals surface area contributed by atoms with E-state index in [2.05, 4.69) is 25.5 Å². The van der Waals surface area contributed by atoms with E-state index in [-0.39, 0.29) is 21.5 Å². The van der Waals surface area contributed by atoms with Crippen molar-refractivity contribution in [3.8, 4) is 0 Å². The number of hydrogen-bond acceptors (Lipinski definition) is 5. The fraction of sp³-hybridized carbons (Fsp3) is 0.182. The summed E-state index contributed by atoms with van der Waals surface area (Å²) in [5, 5.41) is 1.23. The summed E-state index contributed by atoms with van der Waals surface area (Å²) in [6.45, 7) is 3.85. The smallest absolute Gasteiger partial charge is 0.434 e. The molecule has 3 aromatic carbocycles. The molecule has 0 bridgehead atoms. The summed E-state index contributed by atoms with van der Waals surface area (Å²) >= 11 is 10.4. The average Bonchev–Trinajstić information content (AvgIpc) is 3.46. The molecule has 0 saturated heterocycles. The van der Waals surface area contributed by atoms with E-state index >= 15 is 0 Å². The SMILES string of the molecule is CCOC(=O)C1=C(C(F)(F)F)N=c2s/c(=C\c3c(C)n(Cc4ccc(Br)cc4)c4ccccc34)c(=O)n2[C@H]1c1ccc(Cl)cc1. The summed E-state index contributed by atoms with van der Waals surface area (Å²) in [6, 6.07) is 20.3. The Bertz CT molecular complexity index is 2170. The lowest BCUT2D eigenvalue weighted by atomic mass is 9.95. The Hall–Kier alpha value is -3.93. The maximum atomic E-state index is 14.4. The molecule has 2 aromatic heterocycles. The molecule has 0 fully saturated rings. The summed E-state index contributed by atoms with van der Waals surface area (Å²) < 4.78 is 52.8. The van der Waals surface area contributed by atoms with Crippen LogP contribution in [0.15, 0.2) is 98.3 Å². The van der Waals surface area contributed by atoms with Gasteiger partial charge in [-0.25, -0.2) is 9.79 Å². The number of ether oxygens (including phenoxy) is 1. The van der Waals surface area contributed by atoms with Crippen LogP contribution in [0.1, 0.15) is 35.3 Å². The van der Waals surface area contributed by atoms with Gasteiger partial charge in [-0.3, -0.25) is 9.36 Å². The molecule has 1 atom stereocenters. The van der Waals surface area contributed by atoms with Crippen LogP contribution in [0.2, 0.25) is 5.02 Å². The van der Waals surface area contributed by atoms with Crippen LogP contribution in [-0.2, 0) is 16.1 Å². The van der Waals surface area contributed by atoms with Crippen molar-refractivity contribution in [1.29, 1.82) is 0 Å². The minimum atomic E-state index is -4.99. The first kappa shape index (κ1) is 31.1. The highest BCUT2D eigenvalue weighted by Gasteiger charge is 2.45. The van der Waals surface area contributed by atoms with Crippen molar-refractivity contribution in [3.05, 3.63) is 136 Å². The number of hydrogen-bond donors (Lipinski definition) is 0. The highest BCUT2D eigenvalue weighted by Crippen LogP contribution is 2.38. The fourth-order valence-corrected chi connectivity index (χ4v) is 6.92. The molecule has 6 nitrogen and oxygen atoms in total. The van der Waals surface area contributed by atoms with Gasteiger partial charge in [0.1, 0.15) is 0 Å². The van der Waals surface area contributed by atoms with Crippen LogP contribution in [0, 0.1) is 6.92 Å². The van der Waals surface area contributed by atoms with Crippen LogP contribution in [0.5, 0.6) is 0 Å². The monoisotopic (exact) mass is 713 g/mol. The molecule has 1 aliphatic heterocycles. The van der Waals surface area contributed by atoms with Crippen LogP contribution >= 0.6 is 38.9 Å². The fourth-order valence-electron chi connectivity index (χ4n) is 5.55. The second kappa shape index (κ2) is 12.1. The second-order valence-electron chi connectivity index (χ2n) is 10.3. The Morgan fingerprint density at radius 3 is 2.44 bits per heavy atom. The second-order valence-corrected chi connectivity index (χ2v) is 12.7. The Morgan fingerprint density at radius 2 is 1.78 bits per heavy atom. The molecule has 3 heterocycles. The van der Waals surface area contributed by atoms with E-state index in [1.54, 1.807) is 6.08 Å². The first-order valence-corrected chi connectivity index (χ1v) is 15.8. The van der Waals surface area contributed by atoms with E-state index < -0.39 is 35.0 Å². The predicted molar refractivity (Wildman–Crippen MR) is 172 cm³/mol. The molecule has 0 aliphatic carbocycles. The molecule has 0 saturated carbocycles. The quantitative estimate of drug-likeness (QED) is 0.177. The summed E-state index contributed by atoms with van der Waals surface area (Å²) in [5.41, 5.74) is 1.19. The van der Waals surface area contributed by atoms with Crippen molar-refractivity contribution >= 4 is 61.8 Å². The molecular formula is C33H24BrClF3N3O3S. The molecule has 0 N–H and O–H groups in total. The van der Waals surface area contributed by atoms with E-state index in [1.807, 2.05) is 55.5 Å². The Labute approximate surface area is 272 Å². The third-order valence-electron chi connectivity index (χ3n) is 7.59. The Kier molecular flexibility index (Phi) is 8.36. The minimum absolute atomic E-state index is 0.158. The van der Waals surface area contributed by atoms with Crippen molar-refractivity contribution in [2.45, 2.75) is 32.6 Å². The highest BCUT2D eigenvalue weighted by molar-refractivity contribution is 9.10. The highest BCUT2D eigenvalue weighted by atomic mass is 79.9. The number of alkyl halides is 3. The van der Waals surface area contributed by atoms with Gasteiger partial charge in [0.15, 0.2) is 10.5 Å². The van der Waals surface area contributed by atoms with Gasteiger partial charge in [-0.2, -0.15) is 13.2 Å². The van der Waals surface area contributed by atoms with E-state index in [4.69, 9.17) is 16.3 Å². The summed E-state index contributed by atoms with van der Waals surface area (Å²) in [5.74, 6) is -1.20. The first-order valence-electron chi connectivity index (χ1n) is 13.9. The number of aromatic nitrogens is 2. The molecule has 0 spiro atoms. The van der Waals surface area contributed by atoms with Crippen LogP contribution in [0.4, 0.5) is 13.2 Å². The minimum Gasteiger partial charge on any atom is -0.463 e. The number of fused-ring (bicyclic) bond motifs is 2. The van der Waals surface area contributed by atoms with Crippen molar-refractivity contribution < 1.29 is 22.7 Å². The van der Waals surface area contributed by atoms with Crippen molar-refractivity contribution in [2.24, 2.45) is 4.99 Å². The van der Waals surface area contributed by atoms with Gasteiger partial charge in [0, 0.05) is 38.2 Å². The third-order valence-corrected chi connectivity index (χ3v) is 9.35. The number of nitrogens with zero attached hydrogens (tertiary/aromatic N) is 3. The van der Waals surface area contributed by atoms with Crippen LogP contribution in [-0.4, -0.2) is 27.9 Å². The van der Waals surface area contributed by atoms with Crippen molar-refractivity contribution in [3.63, 3.8) is 0 Å². The third kappa shape index (κ3) is 5.80. The lowest BCUT2D eigenvalue weighted by Crippen LogP contribution is -2.41. The van der Waals surface area contributed by atoms with Gasteiger partial charge < -0.3 is 9.30 Å². The lowest BCUT2D eigenvalue weighted by molar-refractivity contribution is -0.140. The summed E-state index contributed by atoms with van der Waals surface area (Å²) in [4.78, 5) is 30.9. The number of esters is 1. The van der Waals surface area contributed by atoms with Crippen molar-refractivity contribution in [1.82, 2.24) is 9.13 Å². The van der Waals surface area contributed by atoms with Gasteiger partial charge in [0.25, 0.3) is 5.56 Å². The zero-order chi connectivity index (χ0) is 32.0. The number of benzene rings is 3. The van der Waals surface area contributed by atoms with Crippen LogP contribution in [0.3, 0.4) is 0 Å². The van der Waals surface area contributed by atoms with Crippen LogP contribution < -0.4 is 14.9 Å². The maximum Gasteiger partial charge on any atom is 0.434 e. The molecule has 0 radical (unpaired) electrons. The number of rotatable bonds is 6. The van der Waals surface area contributed by atoms with Crippen molar-refractivity contribution in [2.75, 3.05) is 6.61 Å². The largest absolute Gasteiger partial charge is 0.463 e. The van der Waals surface area contributed by atoms with Gasteiger partial charge in [-0.15, -0.1) is 0 Å². The number of carbonyl (C=O) groups is 1.